The van der Waals surface area contributed by atoms with Crippen molar-refractivity contribution < 1.29 is 19.1 Å². The Bertz CT molecular complexity index is 1150. The first kappa shape index (κ1) is 25.9. The Morgan fingerprint density at radius 3 is 2.36 bits per heavy atom. The van der Waals surface area contributed by atoms with E-state index in [9.17, 15) is 9.59 Å². The summed E-state index contributed by atoms with van der Waals surface area (Å²) in [5.41, 5.74) is 2.84. The van der Waals surface area contributed by atoms with Gasteiger partial charge in [0.05, 0.1) is 25.7 Å². The van der Waals surface area contributed by atoms with E-state index in [-0.39, 0.29) is 23.8 Å². The lowest BCUT2D eigenvalue weighted by Gasteiger charge is -2.37. The number of benzene rings is 2. The molecule has 36 heavy (non-hydrogen) atoms. The molecule has 4 rings (SSSR count). The van der Waals surface area contributed by atoms with Crippen molar-refractivity contribution in [1.82, 2.24) is 4.90 Å². The summed E-state index contributed by atoms with van der Waals surface area (Å²) in [4.78, 5) is 29.0. The molecule has 0 unspecified atom stereocenters. The fraction of sp³-hybridized carbons (Fsp3) is 0.379. The van der Waals surface area contributed by atoms with Gasteiger partial charge in [0, 0.05) is 16.0 Å². The van der Waals surface area contributed by atoms with Crippen molar-refractivity contribution >= 4 is 28.2 Å². The molecule has 0 radical (unpaired) electrons. The fourth-order valence-corrected chi connectivity index (χ4v) is 5.75. The summed E-state index contributed by atoms with van der Waals surface area (Å²) in [6.07, 6.45) is 2.39. The number of rotatable bonds is 9. The van der Waals surface area contributed by atoms with Crippen LogP contribution in [0, 0.1) is 5.92 Å². The van der Waals surface area contributed by atoms with E-state index in [1.807, 2.05) is 49.4 Å². The van der Waals surface area contributed by atoms with Crippen LogP contribution in [0.1, 0.15) is 59.1 Å². The molecule has 190 valence electrons. The molecule has 2 heterocycles. The molecule has 1 N–H and O–H groups in total. The number of carbonyl (C=O) groups is 2. The van der Waals surface area contributed by atoms with Crippen molar-refractivity contribution in [3.05, 3.63) is 82.2 Å². The first-order valence-electron chi connectivity index (χ1n) is 12.6. The van der Waals surface area contributed by atoms with Crippen molar-refractivity contribution in [2.24, 2.45) is 5.92 Å². The number of amides is 1. The number of thiophene rings is 1. The Labute approximate surface area is 217 Å². The van der Waals surface area contributed by atoms with Gasteiger partial charge in [-0.2, -0.15) is 0 Å². The van der Waals surface area contributed by atoms with Crippen LogP contribution in [0.5, 0.6) is 5.75 Å². The number of piperidine rings is 1. The number of likely N-dealkylation sites (tertiary alicyclic amines) is 1. The summed E-state index contributed by atoms with van der Waals surface area (Å²) >= 11 is 1.63. The number of anilines is 1. The third kappa shape index (κ3) is 5.97. The first-order chi connectivity index (χ1) is 17.5. The molecule has 7 heteroatoms. The molecule has 1 atom stereocenters. The van der Waals surface area contributed by atoms with Gasteiger partial charge >= 0.3 is 5.97 Å². The summed E-state index contributed by atoms with van der Waals surface area (Å²) in [6, 6.07) is 19.6. The van der Waals surface area contributed by atoms with Gasteiger partial charge in [0.1, 0.15) is 10.8 Å². The van der Waals surface area contributed by atoms with E-state index >= 15 is 0 Å². The summed E-state index contributed by atoms with van der Waals surface area (Å²) in [7, 11) is 1.66. The highest BCUT2D eigenvalue weighted by Gasteiger charge is 2.33. The highest BCUT2D eigenvalue weighted by molar-refractivity contribution is 7.16. The molecule has 0 aliphatic carbocycles. The largest absolute Gasteiger partial charge is 0.497 e. The first-order valence-corrected chi connectivity index (χ1v) is 13.4. The Balaban J connectivity index is 1.67. The van der Waals surface area contributed by atoms with Crippen molar-refractivity contribution in [1.29, 1.82) is 0 Å². The molecule has 6 nitrogen and oxygen atoms in total. The molecule has 3 aromatic rings. The van der Waals surface area contributed by atoms with Gasteiger partial charge in [-0.15, -0.1) is 11.3 Å². The number of nitrogens with one attached hydrogen (secondary N) is 1. The second-order valence-electron chi connectivity index (χ2n) is 8.91. The smallest absolute Gasteiger partial charge is 0.309 e. The number of hydrogen-bond donors (Lipinski definition) is 1. The van der Waals surface area contributed by atoms with Crippen molar-refractivity contribution in [2.45, 2.75) is 39.2 Å². The van der Waals surface area contributed by atoms with Crippen molar-refractivity contribution in [2.75, 3.05) is 32.1 Å². The molecule has 0 bridgehead atoms. The Morgan fingerprint density at radius 1 is 1.06 bits per heavy atom. The van der Waals surface area contributed by atoms with Gasteiger partial charge in [0.25, 0.3) is 5.91 Å². The minimum Gasteiger partial charge on any atom is -0.497 e. The number of hydrogen-bond acceptors (Lipinski definition) is 6. The summed E-state index contributed by atoms with van der Waals surface area (Å²) in [5.74, 6) is 0.521. The predicted molar refractivity (Wildman–Crippen MR) is 144 cm³/mol. The van der Waals surface area contributed by atoms with Gasteiger partial charge in [-0.05, 0) is 75.2 Å². The van der Waals surface area contributed by atoms with E-state index in [0.29, 0.717) is 12.2 Å². The second-order valence-corrected chi connectivity index (χ2v) is 10.0. The van der Waals surface area contributed by atoms with E-state index in [1.54, 1.807) is 18.4 Å². The lowest BCUT2D eigenvalue weighted by Crippen LogP contribution is -2.39. The quantitative estimate of drug-likeness (QED) is 0.364. The van der Waals surface area contributed by atoms with Gasteiger partial charge in [-0.3, -0.25) is 14.5 Å². The van der Waals surface area contributed by atoms with Gasteiger partial charge in [-0.1, -0.05) is 37.3 Å². The van der Waals surface area contributed by atoms with Gasteiger partial charge in [-0.25, -0.2) is 0 Å². The molecule has 0 spiro atoms. The lowest BCUT2D eigenvalue weighted by atomic mass is 9.91. The molecule has 1 saturated heterocycles. The van der Waals surface area contributed by atoms with Gasteiger partial charge < -0.3 is 14.8 Å². The summed E-state index contributed by atoms with van der Waals surface area (Å²) < 4.78 is 10.7. The van der Waals surface area contributed by atoms with Crippen LogP contribution in [-0.4, -0.2) is 43.6 Å². The van der Waals surface area contributed by atoms with Crippen LogP contribution in [0.4, 0.5) is 5.00 Å². The van der Waals surface area contributed by atoms with Crippen LogP contribution >= 0.6 is 11.3 Å². The minimum atomic E-state index is -0.115. The third-order valence-corrected chi connectivity index (χ3v) is 7.87. The average Bonchev–Trinajstić information content (AvgIpc) is 3.32. The number of aryl methyl sites for hydroxylation is 1. The van der Waals surface area contributed by atoms with Crippen molar-refractivity contribution in [3.63, 3.8) is 0 Å². The number of carbonyl (C=O) groups excluding carboxylic acids is 2. The maximum absolute atomic E-state index is 13.1. The minimum absolute atomic E-state index is 0.0540. The highest BCUT2D eigenvalue weighted by atomic mass is 32.1. The molecule has 1 aliphatic heterocycles. The maximum atomic E-state index is 13.1. The van der Waals surface area contributed by atoms with Crippen LogP contribution in [-0.2, 0) is 16.0 Å². The second kappa shape index (κ2) is 12.2. The van der Waals surface area contributed by atoms with Crippen LogP contribution in [0.2, 0.25) is 0 Å². The van der Waals surface area contributed by atoms with Gasteiger partial charge in [0.2, 0.25) is 0 Å². The van der Waals surface area contributed by atoms with Crippen LogP contribution in [0.25, 0.3) is 0 Å². The Kier molecular flexibility index (Phi) is 8.78. The van der Waals surface area contributed by atoms with Crippen molar-refractivity contribution in [3.8, 4) is 5.75 Å². The molecule has 1 amide bonds. The fourth-order valence-electron chi connectivity index (χ4n) is 4.73. The molecule has 2 aromatic carbocycles. The van der Waals surface area contributed by atoms with Crippen LogP contribution in [0.15, 0.2) is 60.7 Å². The molecular formula is C29H34N2O4S. The number of ether oxygens (including phenoxy) is 2. The summed E-state index contributed by atoms with van der Waals surface area (Å²) in [6.45, 7) is 5.92. The Morgan fingerprint density at radius 2 is 1.75 bits per heavy atom. The molecule has 1 fully saturated rings. The van der Waals surface area contributed by atoms with Crippen LogP contribution in [0.3, 0.4) is 0 Å². The zero-order valence-electron chi connectivity index (χ0n) is 21.2. The van der Waals surface area contributed by atoms with Crippen LogP contribution < -0.4 is 10.1 Å². The topological polar surface area (TPSA) is 67.9 Å². The third-order valence-electron chi connectivity index (χ3n) is 6.66. The number of esters is 1. The predicted octanol–water partition coefficient (Wildman–Crippen LogP) is 5.94. The van der Waals surface area contributed by atoms with E-state index in [2.05, 4.69) is 35.3 Å². The van der Waals surface area contributed by atoms with E-state index in [1.165, 1.54) is 4.88 Å². The average molecular weight is 507 g/mol. The zero-order chi connectivity index (χ0) is 25.5. The highest BCUT2D eigenvalue weighted by Crippen LogP contribution is 2.41. The lowest BCUT2D eigenvalue weighted by molar-refractivity contribution is -0.149. The zero-order valence-corrected chi connectivity index (χ0v) is 22.0. The number of methoxy groups -OCH3 is 1. The standard InChI is InChI=1S/C29H34N2O4S/c1-4-24-19-25(28(36-24)30-27(32)21-9-7-6-8-10-21)26(20-11-13-23(34-3)14-12-20)31-17-15-22(16-18-31)29(33)35-5-2/h6-14,19,22,26H,4-5,15-18H2,1-3H3,(H,30,32)/t26-/m0/s1. The number of nitrogens with zero attached hydrogens (tertiary/aromatic N) is 1. The maximum Gasteiger partial charge on any atom is 0.309 e. The Hall–Kier alpha value is -3.16. The molecule has 1 aromatic heterocycles. The van der Waals surface area contributed by atoms with E-state index in [0.717, 1.165) is 54.2 Å². The SMILES string of the molecule is CCOC(=O)C1CCN([C@@H](c2ccc(OC)cc2)c2cc(CC)sc2NC(=O)c2ccccc2)CC1. The van der Waals surface area contributed by atoms with E-state index in [4.69, 9.17) is 9.47 Å². The summed E-state index contributed by atoms with van der Waals surface area (Å²) in [5, 5.41) is 4.06. The molecule has 1 aliphatic rings. The van der Waals surface area contributed by atoms with E-state index < -0.39 is 0 Å². The molecule has 0 saturated carbocycles. The normalized spacial score (nSPS) is 15.3. The monoisotopic (exact) mass is 506 g/mol. The molecular weight excluding hydrogens is 472 g/mol. The van der Waals surface area contributed by atoms with Gasteiger partial charge in [0.15, 0.2) is 0 Å².